The van der Waals surface area contributed by atoms with Gasteiger partial charge >= 0.3 is 5.97 Å². The molecule has 2 heterocycles. The minimum Gasteiger partial charge on any atom is -0.481 e. The highest BCUT2D eigenvalue weighted by Gasteiger charge is 2.31. The van der Waals surface area contributed by atoms with E-state index >= 15 is 0 Å². The molecular weight excluding hydrogens is 446 g/mol. The lowest BCUT2D eigenvalue weighted by Crippen LogP contribution is -2.42. The van der Waals surface area contributed by atoms with Crippen molar-refractivity contribution < 1.29 is 19.5 Å². The number of aromatic nitrogens is 2. The van der Waals surface area contributed by atoms with Gasteiger partial charge in [-0.25, -0.2) is 4.98 Å². The maximum absolute atomic E-state index is 13.2. The minimum absolute atomic E-state index is 0.233. The molecule has 1 aromatic heterocycles. The summed E-state index contributed by atoms with van der Waals surface area (Å²) in [6.45, 7) is 1.26. The number of hydrogen-bond donors (Lipinski definition) is 3. The summed E-state index contributed by atoms with van der Waals surface area (Å²) >= 11 is 0. The highest BCUT2D eigenvalue weighted by molar-refractivity contribution is 5.96. The smallest absolute Gasteiger partial charge is 0.305 e. The highest BCUT2D eigenvalue weighted by atomic mass is 16.4. The Kier molecular flexibility index (Phi) is 7.45. The van der Waals surface area contributed by atoms with E-state index in [9.17, 15) is 19.5 Å². The molecule has 3 aromatic rings. The van der Waals surface area contributed by atoms with Crippen molar-refractivity contribution in [2.75, 3.05) is 18.4 Å². The van der Waals surface area contributed by atoms with Crippen LogP contribution < -0.4 is 10.6 Å². The van der Waals surface area contributed by atoms with Crippen LogP contribution in [0.25, 0.3) is 0 Å². The molecule has 182 valence electrons. The van der Waals surface area contributed by atoms with Crippen LogP contribution >= 0.6 is 0 Å². The SMILES string of the molecule is Cn1cncc1CCNC(=O)c1ccc2c(c1)NC(CC(=O)O)C(=O)N(CCc1ccccc1)C2. The summed E-state index contributed by atoms with van der Waals surface area (Å²) in [4.78, 5) is 43.1. The number of amides is 2. The van der Waals surface area contributed by atoms with Crippen LogP contribution in [0.2, 0.25) is 0 Å². The third-order valence-electron chi connectivity index (χ3n) is 6.15. The van der Waals surface area contributed by atoms with E-state index in [1.165, 1.54) is 0 Å². The lowest BCUT2D eigenvalue weighted by atomic mass is 10.1. The topological polar surface area (TPSA) is 117 Å². The van der Waals surface area contributed by atoms with Crippen LogP contribution in [0.5, 0.6) is 0 Å². The fraction of sp³-hybridized carbons (Fsp3) is 0.308. The van der Waals surface area contributed by atoms with E-state index in [1.54, 1.807) is 29.6 Å². The second-order valence-electron chi connectivity index (χ2n) is 8.66. The van der Waals surface area contributed by atoms with Crippen molar-refractivity contribution in [2.24, 2.45) is 7.05 Å². The van der Waals surface area contributed by atoms with Crippen molar-refractivity contribution in [3.8, 4) is 0 Å². The van der Waals surface area contributed by atoms with Gasteiger partial charge in [0.05, 0.1) is 12.7 Å². The van der Waals surface area contributed by atoms with Crippen molar-refractivity contribution >= 4 is 23.5 Å². The predicted octanol–water partition coefficient (Wildman–Crippen LogP) is 2.23. The van der Waals surface area contributed by atoms with Crippen molar-refractivity contribution in [3.05, 3.63) is 83.4 Å². The minimum atomic E-state index is -1.06. The molecule has 1 unspecified atom stereocenters. The van der Waals surface area contributed by atoms with Gasteiger partial charge in [-0.15, -0.1) is 0 Å². The normalized spacial score (nSPS) is 15.2. The quantitative estimate of drug-likeness (QED) is 0.437. The van der Waals surface area contributed by atoms with Gasteiger partial charge in [-0.05, 0) is 29.7 Å². The Morgan fingerprint density at radius 3 is 2.69 bits per heavy atom. The standard InChI is InChI=1S/C26H29N5O4/c1-30-17-27-15-21(30)9-11-28-25(34)19-7-8-20-16-31(12-10-18-5-3-2-4-6-18)26(35)23(14-24(32)33)29-22(20)13-19/h2-8,13,15,17,23,29H,9-12,14,16H2,1H3,(H,28,34)(H,32,33). The Morgan fingerprint density at radius 2 is 1.97 bits per heavy atom. The average molecular weight is 476 g/mol. The zero-order valence-electron chi connectivity index (χ0n) is 19.6. The zero-order chi connectivity index (χ0) is 24.8. The van der Waals surface area contributed by atoms with Gasteiger partial charge in [0, 0.05) is 56.2 Å². The molecular formula is C26H29N5O4. The number of nitrogens with zero attached hydrogens (tertiary/aromatic N) is 3. The number of carboxylic acids is 1. The molecule has 1 atom stereocenters. The molecule has 9 nitrogen and oxygen atoms in total. The molecule has 35 heavy (non-hydrogen) atoms. The molecule has 3 N–H and O–H groups in total. The van der Waals surface area contributed by atoms with Gasteiger partial charge in [0.1, 0.15) is 6.04 Å². The van der Waals surface area contributed by atoms with Crippen LogP contribution in [-0.4, -0.2) is 56.5 Å². The lowest BCUT2D eigenvalue weighted by Gasteiger charge is -2.24. The first kappa shape index (κ1) is 24.0. The third-order valence-corrected chi connectivity index (χ3v) is 6.15. The van der Waals surface area contributed by atoms with Crippen LogP contribution in [-0.2, 0) is 36.0 Å². The second-order valence-corrected chi connectivity index (χ2v) is 8.66. The van der Waals surface area contributed by atoms with Crippen LogP contribution in [0.4, 0.5) is 5.69 Å². The fourth-order valence-corrected chi connectivity index (χ4v) is 4.19. The van der Waals surface area contributed by atoms with Gasteiger partial charge in [-0.2, -0.15) is 0 Å². The van der Waals surface area contributed by atoms with E-state index in [0.717, 1.165) is 16.8 Å². The molecule has 2 aromatic carbocycles. The van der Waals surface area contributed by atoms with Crippen LogP contribution in [0.3, 0.4) is 0 Å². The van der Waals surface area contributed by atoms with Crippen molar-refractivity contribution in [2.45, 2.75) is 31.8 Å². The van der Waals surface area contributed by atoms with Gasteiger partial charge in [0.15, 0.2) is 0 Å². The van der Waals surface area contributed by atoms with E-state index in [1.807, 2.05) is 48.0 Å². The number of rotatable bonds is 9. The molecule has 4 rings (SSSR count). The summed E-state index contributed by atoms with van der Waals surface area (Å²) in [5.41, 5.74) is 4.00. The largest absolute Gasteiger partial charge is 0.481 e. The van der Waals surface area contributed by atoms with Crippen LogP contribution in [0.15, 0.2) is 61.1 Å². The first-order valence-electron chi connectivity index (χ1n) is 11.6. The van der Waals surface area contributed by atoms with Crippen molar-refractivity contribution in [1.29, 1.82) is 0 Å². The van der Waals surface area contributed by atoms with E-state index in [0.29, 0.717) is 43.7 Å². The Balaban J connectivity index is 1.48. The molecule has 2 amide bonds. The third kappa shape index (κ3) is 6.06. The number of carbonyl (C=O) groups is 3. The fourth-order valence-electron chi connectivity index (χ4n) is 4.19. The summed E-state index contributed by atoms with van der Waals surface area (Å²) in [5, 5.41) is 15.4. The number of carbonyl (C=O) groups excluding carboxylic acids is 2. The molecule has 0 saturated carbocycles. The van der Waals surface area contributed by atoms with Gasteiger partial charge in [0.25, 0.3) is 5.91 Å². The molecule has 0 saturated heterocycles. The van der Waals surface area contributed by atoms with E-state index < -0.39 is 12.0 Å². The number of carboxylic acid groups (broad SMARTS) is 1. The van der Waals surface area contributed by atoms with Crippen LogP contribution in [0, 0.1) is 0 Å². The Bertz CT molecular complexity index is 1210. The number of imidazole rings is 1. The predicted molar refractivity (Wildman–Crippen MR) is 131 cm³/mol. The second kappa shape index (κ2) is 10.9. The van der Waals surface area contributed by atoms with Crippen LogP contribution in [0.1, 0.15) is 33.6 Å². The number of hydrogen-bond acceptors (Lipinski definition) is 5. The maximum atomic E-state index is 13.2. The maximum Gasteiger partial charge on any atom is 0.305 e. The molecule has 1 aliphatic heterocycles. The molecule has 9 heteroatoms. The number of aryl methyl sites for hydroxylation is 1. The number of anilines is 1. The summed E-state index contributed by atoms with van der Waals surface area (Å²) in [5.74, 6) is -1.56. The Morgan fingerprint density at radius 1 is 1.17 bits per heavy atom. The Labute approximate surface area is 203 Å². The molecule has 0 bridgehead atoms. The number of fused-ring (bicyclic) bond motifs is 1. The first-order chi connectivity index (χ1) is 16.9. The van der Waals surface area contributed by atoms with Gasteiger partial charge in [-0.1, -0.05) is 36.4 Å². The van der Waals surface area contributed by atoms with E-state index in [4.69, 9.17) is 0 Å². The van der Waals surface area contributed by atoms with Gasteiger partial charge in [-0.3, -0.25) is 14.4 Å². The van der Waals surface area contributed by atoms with E-state index in [-0.39, 0.29) is 18.2 Å². The molecule has 0 fully saturated rings. The van der Waals surface area contributed by atoms with Gasteiger partial charge < -0.3 is 25.2 Å². The number of aliphatic carboxylic acids is 1. The first-order valence-corrected chi connectivity index (χ1v) is 11.6. The van der Waals surface area contributed by atoms with Gasteiger partial charge in [0.2, 0.25) is 5.91 Å². The summed E-state index contributed by atoms with van der Waals surface area (Å²) < 4.78 is 1.90. The molecule has 0 radical (unpaired) electrons. The molecule has 0 aliphatic carbocycles. The van der Waals surface area contributed by atoms with Crippen molar-refractivity contribution in [3.63, 3.8) is 0 Å². The summed E-state index contributed by atoms with van der Waals surface area (Å²) in [6.07, 6.45) is 4.45. The zero-order valence-corrected chi connectivity index (χ0v) is 19.6. The van der Waals surface area contributed by atoms with Crippen molar-refractivity contribution in [1.82, 2.24) is 19.8 Å². The number of benzene rings is 2. The number of nitrogens with one attached hydrogen (secondary N) is 2. The summed E-state index contributed by atoms with van der Waals surface area (Å²) in [6, 6.07) is 14.2. The average Bonchev–Trinajstić information content (AvgIpc) is 3.20. The van der Waals surface area contributed by atoms with E-state index in [2.05, 4.69) is 15.6 Å². The highest BCUT2D eigenvalue weighted by Crippen LogP contribution is 2.26. The molecule has 1 aliphatic rings. The lowest BCUT2D eigenvalue weighted by molar-refractivity contribution is -0.141. The Hall–Kier alpha value is -4.14. The summed E-state index contributed by atoms with van der Waals surface area (Å²) in [7, 11) is 1.90. The monoisotopic (exact) mass is 475 g/mol. The molecule has 0 spiro atoms.